The molecule has 3 aliphatic rings. The smallest absolute Gasteiger partial charge is 0.306 e. The summed E-state index contributed by atoms with van der Waals surface area (Å²) in [6.07, 6.45) is 7.59. The summed E-state index contributed by atoms with van der Waals surface area (Å²) in [6.45, 7) is 11.8. The van der Waals surface area contributed by atoms with Crippen molar-refractivity contribution in [3.63, 3.8) is 0 Å². The van der Waals surface area contributed by atoms with E-state index in [1.165, 1.54) is 10.5 Å². The highest BCUT2D eigenvalue weighted by Gasteiger charge is 2.61. The van der Waals surface area contributed by atoms with E-state index in [1.54, 1.807) is 0 Å². The molecule has 31 heavy (non-hydrogen) atoms. The summed E-state index contributed by atoms with van der Waals surface area (Å²) in [5.41, 5.74) is 0.804. The van der Waals surface area contributed by atoms with Crippen LogP contribution in [0.1, 0.15) is 47.5 Å². The second-order valence-corrected chi connectivity index (χ2v) is 11.3. The van der Waals surface area contributed by atoms with Gasteiger partial charge < -0.3 is 9.22 Å². The maximum atomic E-state index is 13.1. The summed E-state index contributed by atoms with van der Waals surface area (Å²) >= 11 is 0. The third-order valence-corrected chi connectivity index (χ3v) is 6.58. The molecule has 6 nitrogen and oxygen atoms in total. The number of imide groups is 1. The molecule has 0 aromatic carbocycles. The molecule has 0 N–H and O–H groups in total. The largest absolute Gasteiger partial charge is 0.460 e. The van der Waals surface area contributed by atoms with Gasteiger partial charge in [-0.05, 0) is 26.7 Å². The molecule has 2 fully saturated rings. The average Bonchev–Trinajstić information content (AvgIpc) is 3.21. The van der Waals surface area contributed by atoms with Gasteiger partial charge in [0, 0.05) is 18.3 Å². The fraction of sp³-hybridized carbons (Fsp3) is 0.720. The molecule has 0 radical (unpaired) electrons. The van der Waals surface area contributed by atoms with Crippen LogP contribution in [0.4, 0.5) is 0 Å². The highest BCUT2D eigenvalue weighted by atomic mass is 16.6. The lowest BCUT2D eigenvalue weighted by Gasteiger charge is -2.31. The van der Waals surface area contributed by atoms with Crippen molar-refractivity contribution in [3.8, 4) is 0 Å². The molecule has 4 atom stereocenters. The number of hydrogen-bond acceptors (Lipinski definition) is 4. The molecule has 2 amide bonds. The Morgan fingerprint density at radius 2 is 1.65 bits per heavy atom. The van der Waals surface area contributed by atoms with Crippen molar-refractivity contribution in [1.29, 1.82) is 0 Å². The summed E-state index contributed by atoms with van der Waals surface area (Å²) in [7, 11) is 4.16. The molecule has 2 bridgehead atoms. The number of allylic oxidation sites excluding steroid dienone is 4. The van der Waals surface area contributed by atoms with Gasteiger partial charge >= 0.3 is 5.97 Å². The van der Waals surface area contributed by atoms with Crippen molar-refractivity contribution in [2.75, 3.05) is 33.7 Å². The molecule has 0 spiro atoms. The standard InChI is InChI=1S/C25H39N2O4/c1-16(2)15-19-17-10-11-18(19)22-21(17)23(29)26(24(22)30)12-14-27(6,7)13-8-9-20(28)31-25(3,4)5/h10-11,15-18,21-22H,8-9,12-14H2,1-7H3/q+1/t17-,18+,21+,22-. The van der Waals surface area contributed by atoms with Gasteiger partial charge in [-0.1, -0.05) is 37.6 Å². The van der Waals surface area contributed by atoms with Crippen LogP contribution in [-0.2, 0) is 19.1 Å². The van der Waals surface area contributed by atoms with Crippen LogP contribution in [0, 0.1) is 29.6 Å². The Kier molecular flexibility index (Phi) is 6.52. The van der Waals surface area contributed by atoms with Crippen molar-refractivity contribution in [3.05, 3.63) is 23.8 Å². The van der Waals surface area contributed by atoms with Gasteiger partial charge in [0.15, 0.2) is 0 Å². The lowest BCUT2D eigenvalue weighted by Crippen LogP contribution is -2.48. The van der Waals surface area contributed by atoms with Crippen LogP contribution in [-0.4, -0.2) is 66.5 Å². The summed E-state index contributed by atoms with van der Waals surface area (Å²) in [5, 5.41) is 0. The Labute approximate surface area is 186 Å². The molecule has 1 heterocycles. The molecule has 3 rings (SSSR count). The van der Waals surface area contributed by atoms with Crippen molar-refractivity contribution >= 4 is 17.8 Å². The summed E-state index contributed by atoms with van der Waals surface area (Å²) < 4.78 is 6.02. The zero-order chi connectivity index (χ0) is 23.1. The zero-order valence-electron chi connectivity index (χ0n) is 20.2. The molecular weight excluding hydrogens is 392 g/mol. The van der Waals surface area contributed by atoms with Gasteiger partial charge in [-0.15, -0.1) is 0 Å². The lowest BCUT2D eigenvalue weighted by atomic mass is 9.85. The Morgan fingerprint density at radius 1 is 1.10 bits per heavy atom. The van der Waals surface area contributed by atoms with E-state index < -0.39 is 5.60 Å². The Morgan fingerprint density at radius 3 is 2.13 bits per heavy atom. The number of carbonyl (C=O) groups is 3. The van der Waals surface area contributed by atoms with Crippen LogP contribution in [0.25, 0.3) is 0 Å². The predicted octanol–water partition coefficient (Wildman–Crippen LogP) is 3.18. The molecule has 0 unspecified atom stereocenters. The number of nitrogens with zero attached hydrogens (tertiary/aromatic N) is 2. The Balaban J connectivity index is 1.53. The minimum atomic E-state index is -0.464. The Hall–Kier alpha value is -1.95. The average molecular weight is 432 g/mol. The second kappa shape index (κ2) is 8.53. The lowest BCUT2D eigenvalue weighted by molar-refractivity contribution is -0.889. The molecule has 2 aliphatic carbocycles. The van der Waals surface area contributed by atoms with Crippen molar-refractivity contribution < 1.29 is 23.6 Å². The SMILES string of the molecule is CC(C)C=C1[C@H]2C=C[C@@H]1[C@H]1C(=O)N(CC[N+](C)(C)CCCC(=O)OC(C)(C)C)C(=O)[C@H]12. The first kappa shape index (κ1) is 23.7. The number of rotatable bonds is 8. The third kappa shape index (κ3) is 5.11. The van der Waals surface area contributed by atoms with Crippen LogP contribution in [0.3, 0.4) is 0 Å². The highest BCUT2D eigenvalue weighted by Crippen LogP contribution is 2.55. The monoisotopic (exact) mass is 431 g/mol. The maximum absolute atomic E-state index is 13.1. The van der Waals surface area contributed by atoms with Crippen LogP contribution in [0.2, 0.25) is 0 Å². The van der Waals surface area contributed by atoms with Crippen molar-refractivity contribution in [1.82, 2.24) is 4.90 Å². The van der Waals surface area contributed by atoms with Crippen LogP contribution >= 0.6 is 0 Å². The van der Waals surface area contributed by atoms with E-state index in [1.807, 2.05) is 20.8 Å². The summed E-state index contributed by atoms with van der Waals surface area (Å²) in [5.74, 6) is -0.0151. The van der Waals surface area contributed by atoms with Gasteiger partial charge in [-0.3, -0.25) is 19.3 Å². The second-order valence-electron chi connectivity index (χ2n) is 11.3. The number of likely N-dealkylation sites (tertiary alicyclic amines) is 1. The zero-order valence-corrected chi connectivity index (χ0v) is 20.2. The predicted molar refractivity (Wildman–Crippen MR) is 120 cm³/mol. The molecule has 6 heteroatoms. The molecule has 1 aliphatic heterocycles. The number of quaternary nitrogens is 1. The van der Waals surface area contributed by atoms with Gasteiger partial charge in [0.2, 0.25) is 11.8 Å². The van der Waals surface area contributed by atoms with E-state index in [9.17, 15) is 14.4 Å². The van der Waals surface area contributed by atoms with Crippen molar-refractivity contribution in [2.45, 2.75) is 53.1 Å². The van der Waals surface area contributed by atoms with E-state index in [0.717, 1.165) is 6.54 Å². The first-order valence-corrected chi connectivity index (χ1v) is 11.6. The number of likely N-dealkylation sites (N-methyl/N-ethyl adjacent to an activating group) is 1. The number of fused-ring (bicyclic) bond motifs is 5. The molecule has 0 aromatic heterocycles. The first-order valence-electron chi connectivity index (χ1n) is 11.6. The quantitative estimate of drug-likeness (QED) is 0.256. The minimum Gasteiger partial charge on any atom is -0.460 e. The molecular formula is C25H39N2O4+. The summed E-state index contributed by atoms with van der Waals surface area (Å²) in [4.78, 5) is 39.7. The van der Waals surface area contributed by atoms with Gasteiger partial charge in [0.25, 0.3) is 0 Å². The van der Waals surface area contributed by atoms with Crippen LogP contribution in [0.15, 0.2) is 23.8 Å². The van der Waals surface area contributed by atoms with Gasteiger partial charge in [-0.25, -0.2) is 0 Å². The van der Waals surface area contributed by atoms with E-state index in [2.05, 4.69) is 46.2 Å². The fourth-order valence-electron chi connectivity index (χ4n) is 5.22. The molecule has 1 saturated heterocycles. The van der Waals surface area contributed by atoms with E-state index in [4.69, 9.17) is 4.74 Å². The third-order valence-electron chi connectivity index (χ3n) is 6.58. The molecule has 1 saturated carbocycles. The fourth-order valence-corrected chi connectivity index (χ4v) is 5.22. The minimum absolute atomic E-state index is 0.00439. The van der Waals surface area contributed by atoms with Gasteiger partial charge in [-0.2, -0.15) is 0 Å². The summed E-state index contributed by atoms with van der Waals surface area (Å²) in [6, 6.07) is 0. The van der Waals surface area contributed by atoms with E-state index in [-0.39, 0.29) is 41.5 Å². The van der Waals surface area contributed by atoms with Crippen LogP contribution < -0.4 is 0 Å². The molecule has 172 valence electrons. The maximum Gasteiger partial charge on any atom is 0.306 e. The molecule has 0 aromatic rings. The van der Waals surface area contributed by atoms with Gasteiger partial charge in [0.05, 0.1) is 52.0 Å². The van der Waals surface area contributed by atoms with E-state index in [0.29, 0.717) is 36.3 Å². The first-order chi connectivity index (χ1) is 14.3. The van der Waals surface area contributed by atoms with E-state index >= 15 is 0 Å². The normalized spacial score (nSPS) is 28.9. The van der Waals surface area contributed by atoms with Gasteiger partial charge in [0.1, 0.15) is 5.60 Å². The number of ether oxygens (including phenoxy) is 1. The Bertz CT molecular complexity index is 769. The number of amides is 2. The topological polar surface area (TPSA) is 63.7 Å². The van der Waals surface area contributed by atoms with Crippen molar-refractivity contribution in [2.24, 2.45) is 29.6 Å². The highest BCUT2D eigenvalue weighted by molar-refractivity contribution is 6.07. The number of esters is 1. The number of carbonyl (C=O) groups excluding carboxylic acids is 3. The van der Waals surface area contributed by atoms with Crippen LogP contribution in [0.5, 0.6) is 0 Å². The number of hydrogen-bond donors (Lipinski definition) is 0.